The number of aromatic nitrogens is 2. The van der Waals surface area contributed by atoms with Crippen LogP contribution in [0.15, 0.2) is 30.5 Å². The van der Waals surface area contributed by atoms with E-state index in [0.29, 0.717) is 78.8 Å². The molecule has 5 rings (SSSR count). The smallest absolute Gasteiger partial charge is 0.270 e. The lowest BCUT2D eigenvalue weighted by atomic mass is 9.99. The minimum atomic E-state index is -0.509. The molecule has 0 bridgehead atoms. The number of anilines is 1. The molecule has 0 radical (unpaired) electrons. The fourth-order valence-electron chi connectivity index (χ4n) is 4.90. The monoisotopic (exact) mass is 529 g/mol. The van der Waals surface area contributed by atoms with Gasteiger partial charge in [-0.3, -0.25) is 9.59 Å². The molecule has 194 valence electrons. The van der Waals surface area contributed by atoms with Gasteiger partial charge in [0.25, 0.3) is 5.91 Å². The molecule has 2 amide bonds. The Morgan fingerprint density at radius 3 is 2.54 bits per heavy atom. The van der Waals surface area contributed by atoms with Crippen molar-refractivity contribution in [3.8, 4) is 5.88 Å². The Labute approximate surface area is 217 Å². The Kier molecular flexibility index (Phi) is 6.76. The highest BCUT2D eigenvalue weighted by atomic mass is 35.5. The molecule has 0 unspecified atom stereocenters. The highest BCUT2D eigenvalue weighted by Crippen LogP contribution is 2.34. The van der Waals surface area contributed by atoms with Crippen molar-refractivity contribution < 1.29 is 23.1 Å². The van der Waals surface area contributed by atoms with Crippen molar-refractivity contribution in [3.05, 3.63) is 58.4 Å². The SMILES string of the molecule is COc1ncc(F)cc1N1CCN(C(=O)c2cc3c(Cl)cc(C4=CCCN(C(C)=O)C4)c(F)c3[nH]2)CC1. The molecule has 4 heterocycles. The number of pyridine rings is 1. The van der Waals surface area contributed by atoms with Crippen molar-refractivity contribution in [3.63, 3.8) is 0 Å². The number of hydrogen-bond donors (Lipinski definition) is 1. The number of benzene rings is 1. The lowest BCUT2D eigenvalue weighted by molar-refractivity contribution is -0.128. The minimum Gasteiger partial charge on any atom is -0.480 e. The van der Waals surface area contributed by atoms with Crippen LogP contribution in [-0.4, -0.2) is 78.0 Å². The third-order valence-corrected chi connectivity index (χ3v) is 7.19. The number of fused-ring (bicyclic) bond motifs is 1. The van der Waals surface area contributed by atoms with E-state index in [1.807, 2.05) is 11.0 Å². The molecular formula is C26H26ClF2N5O3. The molecule has 1 fully saturated rings. The summed E-state index contributed by atoms with van der Waals surface area (Å²) in [5.74, 6) is -1.01. The number of methoxy groups -OCH3 is 1. The summed E-state index contributed by atoms with van der Waals surface area (Å²) in [6.45, 7) is 4.04. The van der Waals surface area contributed by atoms with Crippen molar-refractivity contribution in [2.45, 2.75) is 13.3 Å². The first-order valence-corrected chi connectivity index (χ1v) is 12.3. The fourth-order valence-corrected chi connectivity index (χ4v) is 5.15. The summed E-state index contributed by atoms with van der Waals surface area (Å²) in [5.41, 5.74) is 1.91. The number of aromatic amines is 1. The molecule has 0 spiro atoms. The van der Waals surface area contributed by atoms with Gasteiger partial charge >= 0.3 is 0 Å². The third-order valence-electron chi connectivity index (χ3n) is 6.87. The lowest BCUT2D eigenvalue weighted by Crippen LogP contribution is -2.49. The molecule has 1 aromatic carbocycles. The van der Waals surface area contributed by atoms with E-state index in [1.165, 1.54) is 20.1 Å². The second kappa shape index (κ2) is 10.0. The summed E-state index contributed by atoms with van der Waals surface area (Å²) in [6, 6.07) is 4.48. The lowest BCUT2D eigenvalue weighted by Gasteiger charge is -2.36. The standard InChI is InChI=1S/C26H26ClF2N5O3/c1-15(35)34-5-3-4-16(14-34)18-11-20(27)19-12-21(31-24(19)23(18)29)26(36)33-8-6-32(7-9-33)22-10-17(28)13-30-25(22)37-2/h4,10-13,31H,3,5-9,14H2,1-2H3. The Morgan fingerprint density at radius 2 is 1.84 bits per heavy atom. The van der Waals surface area contributed by atoms with Crippen LogP contribution in [0.3, 0.4) is 0 Å². The molecular weight excluding hydrogens is 504 g/mol. The van der Waals surface area contributed by atoms with Gasteiger partial charge in [-0.25, -0.2) is 13.8 Å². The largest absolute Gasteiger partial charge is 0.480 e. The van der Waals surface area contributed by atoms with E-state index in [9.17, 15) is 14.0 Å². The molecule has 2 aliphatic rings. The van der Waals surface area contributed by atoms with Crippen molar-refractivity contribution in [1.29, 1.82) is 0 Å². The second-order valence-electron chi connectivity index (χ2n) is 9.11. The van der Waals surface area contributed by atoms with E-state index in [2.05, 4.69) is 9.97 Å². The average Bonchev–Trinajstić information content (AvgIpc) is 3.37. The van der Waals surface area contributed by atoms with Crippen LogP contribution >= 0.6 is 11.6 Å². The third kappa shape index (κ3) is 4.73. The van der Waals surface area contributed by atoms with Crippen molar-refractivity contribution >= 4 is 45.6 Å². The first kappa shape index (κ1) is 25.0. The van der Waals surface area contributed by atoms with Gasteiger partial charge in [-0.05, 0) is 24.1 Å². The molecule has 1 N–H and O–H groups in total. The van der Waals surface area contributed by atoms with Crippen LogP contribution in [0.4, 0.5) is 14.5 Å². The van der Waals surface area contributed by atoms with Gasteiger partial charge in [-0.15, -0.1) is 0 Å². The number of ether oxygens (including phenoxy) is 1. The number of carbonyl (C=O) groups excluding carboxylic acids is 2. The maximum atomic E-state index is 15.6. The second-order valence-corrected chi connectivity index (χ2v) is 9.52. The number of rotatable bonds is 4. The Bertz CT molecular complexity index is 1410. The van der Waals surface area contributed by atoms with E-state index >= 15 is 4.39 Å². The van der Waals surface area contributed by atoms with Crippen molar-refractivity contribution in [2.75, 3.05) is 51.3 Å². The number of halogens is 3. The Hall–Kier alpha value is -3.66. The maximum Gasteiger partial charge on any atom is 0.270 e. The molecule has 0 aliphatic carbocycles. The van der Waals surface area contributed by atoms with Gasteiger partial charge in [0, 0.05) is 63.2 Å². The number of H-pyrrole nitrogens is 1. The highest BCUT2D eigenvalue weighted by molar-refractivity contribution is 6.36. The minimum absolute atomic E-state index is 0.0712. The summed E-state index contributed by atoms with van der Waals surface area (Å²) in [4.78, 5) is 37.2. The van der Waals surface area contributed by atoms with Crippen molar-refractivity contribution in [2.24, 2.45) is 0 Å². The zero-order valence-electron chi connectivity index (χ0n) is 20.5. The number of carbonyl (C=O) groups is 2. The van der Waals surface area contributed by atoms with Gasteiger partial charge in [-0.2, -0.15) is 0 Å². The summed E-state index contributed by atoms with van der Waals surface area (Å²) in [7, 11) is 1.47. The van der Waals surface area contributed by atoms with E-state index in [4.69, 9.17) is 16.3 Å². The molecule has 3 aromatic rings. The number of piperazine rings is 1. The number of hydrogen-bond acceptors (Lipinski definition) is 5. The predicted octanol–water partition coefficient (Wildman–Crippen LogP) is 4.10. The fraction of sp³-hybridized carbons (Fsp3) is 0.346. The molecule has 0 saturated carbocycles. The van der Waals surface area contributed by atoms with Crippen LogP contribution in [0.5, 0.6) is 5.88 Å². The van der Waals surface area contributed by atoms with Crippen LogP contribution in [0, 0.1) is 11.6 Å². The van der Waals surface area contributed by atoms with Gasteiger partial charge in [-0.1, -0.05) is 17.7 Å². The zero-order chi connectivity index (χ0) is 26.3. The maximum absolute atomic E-state index is 15.6. The highest BCUT2D eigenvalue weighted by Gasteiger charge is 2.27. The summed E-state index contributed by atoms with van der Waals surface area (Å²) >= 11 is 6.51. The molecule has 2 aliphatic heterocycles. The van der Waals surface area contributed by atoms with Gasteiger partial charge in [0.05, 0.1) is 23.8 Å². The van der Waals surface area contributed by atoms with Crippen LogP contribution in [0.2, 0.25) is 5.02 Å². The Balaban J connectivity index is 1.36. The molecule has 8 nitrogen and oxygen atoms in total. The van der Waals surface area contributed by atoms with Crippen molar-refractivity contribution in [1.82, 2.24) is 19.8 Å². The molecule has 1 saturated heterocycles. The molecule has 11 heteroatoms. The van der Waals surface area contributed by atoms with E-state index < -0.39 is 11.6 Å². The van der Waals surface area contributed by atoms with Crippen LogP contribution < -0.4 is 9.64 Å². The topological polar surface area (TPSA) is 81.8 Å². The van der Waals surface area contributed by atoms with Crippen LogP contribution in [-0.2, 0) is 4.79 Å². The Morgan fingerprint density at radius 1 is 1.08 bits per heavy atom. The number of nitrogens with zero attached hydrogens (tertiary/aromatic N) is 4. The van der Waals surface area contributed by atoms with Crippen LogP contribution in [0.25, 0.3) is 16.5 Å². The van der Waals surface area contributed by atoms with Gasteiger partial charge in [0.15, 0.2) is 5.82 Å². The van der Waals surface area contributed by atoms with E-state index in [-0.39, 0.29) is 23.0 Å². The van der Waals surface area contributed by atoms with Gasteiger partial charge < -0.3 is 24.4 Å². The molecule has 0 atom stereocenters. The molecule has 2 aromatic heterocycles. The average molecular weight is 530 g/mol. The van der Waals surface area contributed by atoms with E-state index in [0.717, 1.165) is 6.20 Å². The summed E-state index contributed by atoms with van der Waals surface area (Å²) < 4.78 is 34.6. The normalized spacial score (nSPS) is 16.2. The summed E-state index contributed by atoms with van der Waals surface area (Å²) in [5, 5.41) is 0.735. The van der Waals surface area contributed by atoms with Gasteiger partial charge in [0.1, 0.15) is 17.2 Å². The molecule has 37 heavy (non-hydrogen) atoms. The van der Waals surface area contributed by atoms with Crippen LogP contribution in [0.1, 0.15) is 29.4 Å². The predicted molar refractivity (Wildman–Crippen MR) is 137 cm³/mol. The summed E-state index contributed by atoms with van der Waals surface area (Å²) in [6.07, 6.45) is 3.64. The number of nitrogens with one attached hydrogen (secondary N) is 1. The first-order chi connectivity index (χ1) is 17.8. The van der Waals surface area contributed by atoms with E-state index in [1.54, 1.807) is 21.9 Å². The quantitative estimate of drug-likeness (QED) is 0.550. The van der Waals surface area contributed by atoms with Gasteiger partial charge in [0.2, 0.25) is 11.8 Å². The zero-order valence-corrected chi connectivity index (χ0v) is 21.2. The number of amides is 2. The first-order valence-electron chi connectivity index (χ1n) is 12.0.